The molecule has 0 spiro atoms. The van der Waals surface area contributed by atoms with Crippen molar-refractivity contribution >= 4 is 11.7 Å². The Bertz CT molecular complexity index is 637. The monoisotopic (exact) mass is 302 g/mol. The average Bonchev–Trinajstić information content (AvgIpc) is 2.99. The van der Waals surface area contributed by atoms with E-state index < -0.39 is 0 Å². The van der Waals surface area contributed by atoms with E-state index in [2.05, 4.69) is 15.1 Å². The fourth-order valence-corrected chi connectivity index (χ4v) is 2.47. The van der Waals surface area contributed by atoms with Gasteiger partial charge in [-0.05, 0) is 13.0 Å². The van der Waals surface area contributed by atoms with E-state index in [4.69, 9.17) is 10.5 Å². The van der Waals surface area contributed by atoms with Gasteiger partial charge in [0.05, 0.1) is 18.8 Å². The summed E-state index contributed by atoms with van der Waals surface area (Å²) in [4.78, 5) is 22.5. The number of carbonyl (C=O) groups excluding carboxylic acids is 1. The van der Waals surface area contributed by atoms with Crippen molar-refractivity contribution in [2.24, 2.45) is 0 Å². The minimum absolute atomic E-state index is 0.00995. The molecule has 0 saturated carbocycles. The first-order valence-electron chi connectivity index (χ1n) is 7.09. The van der Waals surface area contributed by atoms with Crippen molar-refractivity contribution in [2.45, 2.75) is 19.6 Å². The highest BCUT2D eigenvalue weighted by molar-refractivity contribution is 5.76. The molecule has 1 aliphatic heterocycles. The van der Waals surface area contributed by atoms with Gasteiger partial charge in [-0.15, -0.1) is 0 Å². The Kier molecular flexibility index (Phi) is 4.01. The molecular weight excluding hydrogens is 284 g/mol. The number of morpholine rings is 1. The Morgan fingerprint density at radius 3 is 3.09 bits per heavy atom. The molecule has 1 aliphatic rings. The van der Waals surface area contributed by atoms with Crippen LogP contribution in [0.25, 0.3) is 0 Å². The van der Waals surface area contributed by atoms with Gasteiger partial charge in [-0.2, -0.15) is 5.10 Å². The van der Waals surface area contributed by atoms with E-state index in [0.717, 1.165) is 0 Å². The summed E-state index contributed by atoms with van der Waals surface area (Å²) in [5.41, 5.74) is 6.46. The summed E-state index contributed by atoms with van der Waals surface area (Å²) in [5.74, 6) is 1.01. The van der Waals surface area contributed by atoms with E-state index in [-0.39, 0.29) is 18.6 Å². The number of aryl methyl sites for hydroxylation is 1. The number of nitrogen functional groups attached to an aromatic ring is 1. The molecule has 2 aromatic rings. The average molecular weight is 302 g/mol. The number of aromatic nitrogens is 4. The predicted molar refractivity (Wildman–Crippen MR) is 78.7 cm³/mol. The standard InChI is InChI=1S/C14H18N6O2/c1-10-17-11(7-13(15)18-10)12-8-19(5-6-22-12)14(21)9-20-4-2-3-16-20/h2-4,7,12H,5-6,8-9H2,1H3,(H2,15,17,18)/t12-/m0/s1. The smallest absolute Gasteiger partial charge is 0.244 e. The molecule has 0 bridgehead atoms. The normalized spacial score (nSPS) is 18.4. The number of rotatable bonds is 3. The summed E-state index contributed by atoms with van der Waals surface area (Å²) in [7, 11) is 0. The zero-order valence-electron chi connectivity index (χ0n) is 12.3. The molecule has 1 fully saturated rings. The molecule has 2 N–H and O–H groups in total. The molecule has 8 nitrogen and oxygen atoms in total. The fraction of sp³-hybridized carbons (Fsp3) is 0.429. The van der Waals surface area contributed by atoms with E-state index in [0.29, 0.717) is 37.0 Å². The molecule has 8 heteroatoms. The summed E-state index contributed by atoms with van der Waals surface area (Å²) in [5, 5.41) is 4.05. The number of hydrogen-bond acceptors (Lipinski definition) is 6. The number of nitrogens with two attached hydrogens (primary N) is 1. The summed E-state index contributed by atoms with van der Waals surface area (Å²) >= 11 is 0. The van der Waals surface area contributed by atoms with E-state index >= 15 is 0 Å². The van der Waals surface area contributed by atoms with Crippen LogP contribution in [0.1, 0.15) is 17.6 Å². The molecule has 1 atom stereocenters. The lowest BCUT2D eigenvalue weighted by Gasteiger charge is -2.32. The van der Waals surface area contributed by atoms with E-state index in [1.165, 1.54) is 0 Å². The van der Waals surface area contributed by atoms with E-state index in [1.54, 1.807) is 41.0 Å². The lowest BCUT2D eigenvalue weighted by atomic mass is 10.2. The van der Waals surface area contributed by atoms with Gasteiger partial charge in [0.25, 0.3) is 0 Å². The molecule has 22 heavy (non-hydrogen) atoms. The Balaban J connectivity index is 1.69. The van der Waals surface area contributed by atoms with Crippen LogP contribution in [0.2, 0.25) is 0 Å². The van der Waals surface area contributed by atoms with Crippen molar-refractivity contribution in [1.82, 2.24) is 24.6 Å². The van der Waals surface area contributed by atoms with Gasteiger partial charge in [-0.1, -0.05) is 0 Å². The number of nitrogens with zero attached hydrogens (tertiary/aromatic N) is 5. The van der Waals surface area contributed by atoms with Crippen molar-refractivity contribution in [2.75, 3.05) is 25.4 Å². The lowest BCUT2D eigenvalue weighted by molar-refractivity contribution is -0.140. The third kappa shape index (κ3) is 3.22. The molecule has 1 saturated heterocycles. The Morgan fingerprint density at radius 1 is 1.50 bits per heavy atom. The SMILES string of the molecule is Cc1nc(N)cc([C@@H]2CN(C(=O)Cn3cccn3)CCO2)n1. The molecule has 1 amide bonds. The van der Waals surface area contributed by atoms with Gasteiger partial charge in [0, 0.05) is 25.0 Å². The van der Waals surface area contributed by atoms with Gasteiger partial charge >= 0.3 is 0 Å². The Labute approximate surface area is 127 Å². The first-order valence-corrected chi connectivity index (χ1v) is 7.09. The Morgan fingerprint density at radius 2 is 2.36 bits per heavy atom. The topological polar surface area (TPSA) is 99.2 Å². The molecule has 116 valence electrons. The van der Waals surface area contributed by atoms with Gasteiger partial charge < -0.3 is 15.4 Å². The van der Waals surface area contributed by atoms with Gasteiger partial charge in [0.2, 0.25) is 5.91 Å². The van der Waals surface area contributed by atoms with Crippen molar-refractivity contribution in [3.8, 4) is 0 Å². The molecule has 3 heterocycles. The maximum atomic E-state index is 12.3. The second-order valence-corrected chi connectivity index (χ2v) is 5.17. The van der Waals surface area contributed by atoms with Crippen LogP contribution in [0.4, 0.5) is 5.82 Å². The number of carbonyl (C=O) groups is 1. The van der Waals surface area contributed by atoms with Crippen LogP contribution in [-0.2, 0) is 16.1 Å². The minimum Gasteiger partial charge on any atom is -0.384 e. The van der Waals surface area contributed by atoms with Crippen molar-refractivity contribution in [3.63, 3.8) is 0 Å². The van der Waals surface area contributed by atoms with Gasteiger partial charge in [0.15, 0.2) is 0 Å². The Hall–Kier alpha value is -2.48. The van der Waals surface area contributed by atoms with Crippen molar-refractivity contribution in [1.29, 1.82) is 0 Å². The number of ether oxygens (including phenoxy) is 1. The zero-order valence-corrected chi connectivity index (χ0v) is 12.3. The minimum atomic E-state index is -0.278. The van der Waals surface area contributed by atoms with Crippen LogP contribution in [0.5, 0.6) is 0 Å². The largest absolute Gasteiger partial charge is 0.384 e. The number of amides is 1. The van der Waals surface area contributed by atoms with Crippen LogP contribution in [0.15, 0.2) is 24.5 Å². The summed E-state index contributed by atoms with van der Waals surface area (Å²) < 4.78 is 7.34. The van der Waals surface area contributed by atoms with E-state index in [1.807, 2.05) is 0 Å². The molecule has 0 radical (unpaired) electrons. The second-order valence-electron chi connectivity index (χ2n) is 5.17. The van der Waals surface area contributed by atoms with Crippen LogP contribution >= 0.6 is 0 Å². The highest BCUT2D eigenvalue weighted by Crippen LogP contribution is 2.22. The molecule has 0 aliphatic carbocycles. The van der Waals surface area contributed by atoms with E-state index in [9.17, 15) is 4.79 Å². The fourth-order valence-electron chi connectivity index (χ4n) is 2.47. The van der Waals surface area contributed by atoms with Crippen molar-refractivity contribution < 1.29 is 9.53 Å². The first-order chi connectivity index (χ1) is 10.6. The number of anilines is 1. The summed E-state index contributed by atoms with van der Waals surface area (Å²) in [6.45, 7) is 3.50. The van der Waals surface area contributed by atoms with Crippen LogP contribution in [0.3, 0.4) is 0 Å². The van der Waals surface area contributed by atoms with Crippen LogP contribution in [-0.4, -0.2) is 50.3 Å². The summed E-state index contributed by atoms with van der Waals surface area (Å²) in [6, 6.07) is 3.49. The first kappa shape index (κ1) is 14.5. The third-order valence-electron chi connectivity index (χ3n) is 3.48. The highest BCUT2D eigenvalue weighted by Gasteiger charge is 2.26. The molecular formula is C14H18N6O2. The lowest BCUT2D eigenvalue weighted by Crippen LogP contribution is -2.44. The number of hydrogen-bond donors (Lipinski definition) is 1. The maximum absolute atomic E-state index is 12.3. The summed E-state index contributed by atoms with van der Waals surface area (Å²) in [6.07, 6.45) is 3.14. The quantitative estimate of drug-likeness (QED) is 0.867. The van der Waals surface area contributed by atoms with Crippen molar-refractivity contribution in [3.05, 3.63) is 36.0 Å². The van der Waals surface area contributed by atoms with Crippen LogP contribution in [0, 0.1) is 6.92 Å². The maximum Gasteiger partial charge on any atom is 0.244 e. The molecule has 0 unspecified atom stereocenters. The predicted octanol–water partition coefficient (Wildman–Crippen LogP) is 0.164. The van der Waals surface area contributed by atoms with Gasteiger partial charge in [-0.25, -0.2) is 9.97 Å². The highest BCUT2D eigenvalue weighted by atomic mass is 16.5. The van der Waals surface area contributed by atoms with Gasteiger partial charge in [-0.3, -0.25) is 9.48 Å². The molecule has 2 aromatic heterocycles. The zero-order chi connectivity index (χ0) is 15.5. The molecule has 3 rings (SSSR count). The third-order valence-corrected chi connectivity index (χ3v) is 3.48. The van der Waals surface area contributed by atoms with Gasteiger partial charge in [0.1, 0.15) is 24.3 Å². The van der Waals surface area contributed by atoms with Crippen LogP contribution < -0.4 is 5.73 Å². The second kappa shape index (κ2) is 6.10. The molecule has 0 aromatic carbocycles.